The topological polar surface area (TPSA) is 32.3 Å². The molecule has 1 N–H and O–H groups in total. The normalized spacial score (nSPS) is 18.0. The number of ketones is 1. The Morgan fingerprint density at radius 2 is 2.08 bits per heavy atom. The predicted octanol–water partition coefficient (Wildman–Crippen LogP) is 4.58. The smallest absolute Gasteiger partial charge is 0.175 e. The number of hydrogen-bond acceptors (Lipinski definition) is 3. The summed E-state index contributed by atoms with van der Waals surface area (Å²) in [4.78, 5) is 13.6. The van der Waals surface area contributed by atoms with Crippen LogP contribution < -0.4 is 5.32 Å². The minimum Gasteiger partial charge on any atom is -0.338 e. The van der Waals surface area contributed by atoms with E-state index in [1.54, 1.807) is 6.92 Å². The highest BCUT2D eigenvalue weighted by atomic mass is 35.5. The van der Waals surface area contributed by atoms with E-state index in [9.17, 15) is 4.79 Å². The summed E-state index contributed by atoms with van der Waals surface area (Å²) in [5.74, 6) is 0.117. The van der Waals surface area contributed by atoms with Crippen molar-refractivity contribution in [2.45, 2.75) is 46.6 Å². The molecule has 0 aliphatic carbocycles. The predicted molar refractivity (Wildman–Crippen MR) is 103 cm³/mol. The Labute approximate surface area is 151 Å². The Morgan fingerprint density at radius 3 is 2.54 bits per heavy atom. The molecular weight excluding hydrogens is 320 g/mol. The van der Waals surface area contributed by atoms with Crippen LogP contribution in [0.4, 0.5) is 0 Å². The van der Waals surface area contributed by atoms with E-state index in [-0.39, 0.29) is 5.78 Å². The zero-order valence-corrected chi connectivity index (χ0v) is 16.0. The highest BCUT2D eigenvalue weighted by Crippen LogP contribution is 2.20. The molecule has 0 aromatic heterocycles. The Hall–Kier alpha value is -1.58. The van der Waals surface area contributed by atoms with Crippen molar-refractivity contribution in [1.82, 2.24) is 10.2 Å². The van der Waals surface area contributed by atoms with Crippen LogP contribution in [-0.2, 0) is 11.2 Å². The molecule has 0 saturated carbocycles. The minimum atomic E-state index is 0.117. The summed E-state index contributed by atoms with van der Waals surface area (Å²) in [6.07, 6.45) is 3.87. The van der Waals surface area contributed by atoms with Gasteiger partial charge in [-0.25, -0.2) is 0 Å². The van der Waals surface area contributed by atoms with Crippen LogP contribution in [0.25, 0.3) is 0 Å². The molecule has 1 atom stereocenters. The van der Waals surface area contributed by atoms with Gasteiger partial charge < -0.3 is 10.2 Å². The fourth-order valence-corrected chi connectivity index (χ4v) is 2.98. The molecule has 1 saturated heterocycles. The first-order chi connectivity index (χ1) is 11.4. The Balaban J connectivity index is 0.000000272. The standard InChI is InChI=1S/C12H20N2O.C8H9Cl/c1-5-6-12(11(4)15)14-9(2)7-13-8-10(14)3;1-2-7-5-3-4-6-8(7)9/h6,10,13H,2,5,7-8H2,1,3-4H3;3-6H,2H2,1H3/b12-6-;. The van der Waals surface area contributed by atoms with Crippen LogP contribution in [0.3, 0.4) is 0 Å². The summed E-state index contributed by atoms with van der Waals surface area (Å²) in [5, 5.41) is 4.15. The van der Waals surface area contributed by atoms with Crippen molar-refractivity contribution < 1.29 is 4.79 Å². The van der Waals surface area contributed by atoms with Gasteiger partial charge in [-0.15, -0.1) is 0 Å². The van der Waals surface area contributed by atoms with E-state index in [1.165, 1.54) is 5.56 Å². The Kier molecular flexibility index (Phi) is 8.80. The SMILES string of the molecule is C=C1CNCC(C)N1/C(=C\CC)C(C)=O.CCc1ccccc1Cl. The second-order valence-electron chi connectivity index (χ2n) is 5.91. The van der Waals surface area contributed by atoms with Crippen molar-refractivity contribution in [2.24, 2.45) is 0 Å². The van der Waals surface area contributed by atoms with Gasteiger partial charge in [0.1, 0.15) is 0 Å². The molecule has 132 valence electrons. The molecule has 24 heavy (non-hydrogen) atoms. The van der Waals surface area contributed by atoms with Gasteiger partial charge in [0.05, 0.1) is 5.70 Å². The number of nitrogens with zero attached hydrogens (tertiary/aromatic N) is 1. The van der Waals surface area contributed by atoms with Crippen LogP contribution in [0, 0.1) is 0 Å². The average molecular weight is 349 g/mol. The molecular formula is C20H29ClN2O. The van der Waals surface area contributed by atoms with E-state index in [0.717, 1.165) is 42.3 Å². The minimum absolute atomic E-state index is 0.117. The van der Waals surface area contributed by atoms with Gasteiger partial charge in [-0.2, -0.15) is 0 Å². The third kappa shape index (κ3) is 5.81. The van der Waals surface area contributed by atoms with Crippen LogP contribution in [0.1, 0.15) is 39.7 Å². The largest absolute Gasteiger partial charge is 0.338 e. The van der Waals surface area contributed by atoms with Crippen LogP contribution >= 0.6 is 11.6 Å². The summed E-state index contributed by atoms with van der Waals surface area (Å²) >= 11 is 5.82. The van der Waals surface area contributed by atoms with E-state index in [2.05, 4.69) is 30.6 Å². The molecule has 1 aliphatic rings. The lowest BCUT2D eigenvalue weighted by atomic mass is 10.1. The fourth-order valence-electron chi connectivity index (χ4n) is 2.71. The van der Waals surface area contributed by atoms with E-state index < -0.39 is 0 Å². The molecule has 0 amide bonds. The summed E-state index contributed by atoms with van der Waals surface area (Å²) in [7, 11) is 0. The summed E-state index contributed by atoms with van der Waals surface area (Å²) < 4.78 is 0. The molecule has 1 fully saturated rings. The molecule has 4 heteroatoms. The van der Waals surface area contributed by atoms with E-state index in [4.69, 9.17) is 11.6 Å². The van der Waals surface area contributed by atoms with Gasteiger partial charge in [-0.1, -0.05) is 56.3 Å². The third-order valence-electron chi connectivity index (χ3n) is 3.91. The number of nitrogens with one attached hydrogen (secondary N) is 1. The lowest BCUT2D eigenvalue weighted by Crippen LogP contribution is -2.48. The van der Waals surface area contributed by atoms with Gasteiger partial charge in [-0.05, 0) is 31.4 Å². The van der Waals surface area contributed by atoms with Gasteiger partial charge >= 0.3 is 0 Å². The Morgan fingerprint density at radius 1 is 1.42 bits per heavy atom. The number of hydrogen-bond donors (Lipinski definition) is 1. The quantitative estimate of drug-likeness (QED) is 0.808. The number of piperazine rings is 1. The number of rotatable bonds is 4. The Bertz CT molecular complexity index is 595. The molecule has 2 rings (SSSR count). The first-order valence-electron chi connectivity index (χ1n) is 8.54. The van der Waals surface area contributed by atoms with Gasteiger partial charge in [0.2, 0.25) is 0 Å². The summed E-state index contributed by atoms with van der Waals surface area (Å²) in [6, 6.07) is 8.21. The number of Topliss-reactive ketones (excluding diaryl/α,β-unsaturated/α-hetero) is 1. The number of carbonyl (C=O) groups is 1. The van der Waals surface area contributed by atoms with Gasteiger partial charge in [0.25, 0.3) is 0 Å². The highest BCUT2D eigenvalue weighted by Gasteiger charge is 2.25. The molecule has 1 aromatic carbocycles. The fraction of sp³-hybridized carbons (Fsp3) is 0.450. The van der Waals surface area contributed by atoms with E-state index >= 15 is 0 Å². The first kappa shape index (κ1) is 20.5. The maximum Gasteiger partial charge on any atom is 0.175 e. The monoisotopic (exact) mass is 348 g/mol. The third-order valence-corrected chi connectivity index (χ3v) is 4.28. The lowest BCUT2D eigenvalue weighted by Gasteiger charge is -2.38. The number of carbonyl (C=O) groups excluding carboxylic acids is 1. The van der Waals surface area contributed by atoms with Gasteiger partial charge in [0, 0.05) is 36.8 Å². The van der Waals surface area contributed by atoms with Crippen LogP contribution in [0.5, 0.6) is 0 Å². The van der Waals surface area contributed by atoms with E-state index in [0.29, 0.717) is 6.04 Å². The maximum absolute atomic E-state index is 11.6. The molecule has 0 spiro atoms. The van der Waals surface area contributed by atoms with Crippen LogP contribution in [0.15, 0.2) is 48.3 Å². The number of halogens is 1. The summed E-state index contributed by atoms with van der Waals surface area (Å²) in [6.45, 7) is 13.5. The lowest BCUT2D eigenvalue weighted by molar-refractivity contribution is -0.115. The molecule has 1 aromatic rings. The zero-order valence-electron chi connectivity index (χ0n) is 15.2. The molecule has 0 bridgehead atoms. The van der Waals surface area contributed by atoms with Gasteiger partial charge in [-0.3, -0.25) is 4.79 Å². The molecule has 1 aliphatic heterocycles. The molecule has 3 nitrogen and oxygen atoms in total. The highest BCUT2D eigenvalue weighted by molar-refractivity contribution is 6.31. The number of aryl methyl sites for hydroxylation is 1. The van der Waals surface area contributed by atoms with Crippen molar-refractivity contribution in [3.05, 3.63) is 58.9 Å². The first-order valence-corrected chi connectivity index (χ1v) is 8.92. The summed E-state index contributed by atoms with van der Waals surface area (Å²) in [5.41, 5.74) is 2.99. The van der Waals surface area contributed by atoms with Crippen molar-refractivity contribution >= 4 is 17.4 Å². The zero-order chi connectivity index (χ0) is 18.1. The molecule has 1 heterocycles. The van der Waals surface area contributed by atoms with Crippen molar-refractivity contribution in [1.29, 1.82) is 0 Å². The van der Waals surface area contributed by atoms with Crippen molar-refractivity contribution in [3.63, 3.8) is 0 Å². The number of benzene rings is 1. The molecule has 1 unspecified atom stereocenters. The second-order valence-corrected chi connectivity index (χ2v) is 6.32. The van der Waals surface area contributed by atoms with Crippen molar-refractivity contribution in [2.75, 3.05) is 13.1 Å². The molecule has 0 radical (unpaired) electrons. The second kappa shape index (κ2) is 10.3. The maximum atomic E-state index is 11.6. The number of allylic oxidation sites excluding steroid dienone is 2. The van der Waals surface area contributed by atoms with Crippen molar-refractivity contribution in [3.8, 4) is 0 Å². The van der Waals surface area contributed by atoms with Crippen LogP contribution in [0.2, 0.25) is 5.02 Å². The average Bonchev–Trinajstić information content (AvgIpc) is 2.54. The van der Waals surface area contributed by atoms with Crippen LogP contribution in [-0.4, -0.2) is 29.8 Å². The van der Waals surface area contributed by atoms with Gasteiger partial charge in [0.15, 0.2) is 5.78 Å². The van der Waals surface area contributed by atoms with E-state index in [1.807, 2.05) is 37.3 Å².